The summed E-state index contributed by atoms with van der Waals surface area (Å²) < 4.78 is 0. The Morgan fingerprint density at radius 3 is 2.47 bits per heavy atom. The van der Waals surface area contributed by atoms with Crippen LogP contribution in [-0.2, 0) is 6.54 Å². The van der Waals surface area contributed by atoms with Crippen LogP contribution in [0.1, 0.15) is 24.2 Å². The second-order valence-electron chi connectivity index (χ2n) is 4.69. The van der Waals surface area contributed by atoms with Gasteiger partial charge in [-0.2, -0.15) is 0 Å². The Morgan fingerprint density at radius 1 is 1.05 bits per heavy atom. The molecule has 2 aromatic rings. The Balaban J connectivity index is 1.94. The zero-order valence-corrected chi connectivity index (χ0v) is 11.0. The molecule has 3 nitrogen and oxygen atoms in total. The molecular formula is C16H19NO2. The van der Waals surface area contributed by atoms with Gasteiger partial charge in [0, 0.05) is 12.6 Å². The summed E-state index contributed by atoms with van der Waals surface area (Å²) in [7, 11) is 0. The van der Waals surface area contributed by atoms with E-state index in [0.717, 1.165) is 0 Å². The zero-order valence-electron chi connectivity index (χ0n) is 11.0. The summed E-state index contributed by atoms with van der Waals surface area (Å²) in [6.45, 7) is 2.63. The molecule has 3 N–H and O–H groups in total. The molecule has 100 valence electrons. The Hall–Kier alpha value is -1.84. The predicted octanol–water partition coefficient (Wildman–Crippen LogP) is 2.60. The molecule has 0 radical (unpaired) electrons. The molecule has 0 aliphatic carbocycles. The van der Waals surface area contributed by atoms with Gasteiger partial charge in [0.05, 0.1) is 6.10 Å². The van der Waals surface area contributed by atoms with Gasteiger partial charge in [-0.15, -0.1) is 0 Å². The summed E-state index contributed by atoms with van der Waals surface area (Å²) in [6.07, 6.45) is -0.643. The minimum Gasteiger partial charge on any atom is -0.508 e. The minimum absolute atomic E-state index is 0.0954. The maximum atomic E-state index is 10.2. The van der Waals surface area contributed by atoms with E-state index in [2.05, 4.69) is 5.32 Å². The Labute approximate surface area is 113 Å². The Kier molecular flexibility index (Phi) is 4.55. The monoisotopic (exact) mass is 257 g/mol. The van der Waals surface area contributed by atoms with Gasteiger partial charge in [-0.25, -0.2) is 0 Å². The standard InChI is InChI=1S/C16H19NO2/c1-12(17-11-13-6-3-2-4-7-13)16(19)14-8-5-9-15(18)10-14/h2-10,12,16-19H,11H2,1H3/t12?,16-/m0/s1. The van der Waals surface area contributed by atoms with Crippen LogP contribution in [-0.4, -0.2) is 16.3 Å². The van der Waals surface area contributed by atoms with Crippen molar-refractivity contribution in [1.82, 2.24) is 5.32 Å². The van der Waals surface area contributed by atoms with Gasteiger partial charge in [0.2, 0.25) is 0 Å². The highest BCUT2D eigenvalue weighted by Gasteiger charge is 2.16. The number of aromatic hydroxyl groups is 1. The van der Waals surface area contributed by atoms with Crippen molar-refractivity contribution in [3.8, 4) is 5.75 Å². The molecule has 3 heteroatoms. The van der Waals surface area contributed by atoms with E-state index in [1.54, 1.807) is 18.2 Å². The molecule has 0 amide bonds. The fourth-order valence-electron chi connectivity index (χ4n) is 1.98. The lowest BCUT2D eigenvalue weighted by molar-refractivity contribution is 0.135. The third kappa shape index (κ3) is 3.81. The molecule has 0 aliphatic rings. The smallest absolute Gasteiger partial charge is 0.115 e. The molecule has 0 aromatic heterocycles. The van der Waals surface area contributed by atoms with Crippen LogP contribution in [0, 0.1) is 0 Å². The van der Waals surface area contributed by atoms with Crippen molar-refractivity contribution in [3.05, 3.63) is 65.7 Å². The van der Waals surface area contributed by atoms with Gasteiger partial charge >= 0.3 is 0 Å². The van der Waals surface area contributed by atoms with E-state index in [1.165, 1.54) is 5.56 Å². The Morgan fingerprint density at radius 2 is 1.79 bits per heavy atom. The molecule has 1 unspecified atom stereocenters. The largest absolute Gasteiger partial charge is 0.508 e. The van der Waals surface area contributed by atoms with Gasteiger partial charge in [0.25, 0.3) is 0 Å². The van der Waals surface area contributed by atoms with Gasteiger partial charge < -0.3 is 15.5 Å². The Bertz CT molecular complexity index is 513. The summed E-state index contributed by atoms with van der Waals surface area (Å²) in [5, 5.41) is 22.9. The number of aliphatic hydroxyl groups is 1. The molecular weight excluding hydrogens is 238 g/mol. The van der Waals surface area contributed by atoms with E-state index in [0.29, 0.717) is 12.1 Å². The van der Waals surface area contributed by atoms with Crippen molar-refractivity contribution in [2.75, 3.05) is 0 Å². The number of aliphatic hydroxyl groups excluding tert-OH is 1. The van der Waals surface area contributed by atoms with Crippen LogP contribution in [0.15, 0.2) is 54.6 Å². The highest BCUT2D eigenvalue weighted by Crippen LogP contribution is 2.20. The highest BCUT2D eigenvalue weighted by molar-refractivity contribution is 5.29. The van der Waals surface area contributed by atoms with Crippen molar-refractivity contribution in [3.63, 3.8) is 0 Å². The number of phenolic OH excluding ortho intramolecular Hbond substituents is 1. The average molecular weight is 257 g/mol. The fourth-order valence-corrected chi connectivity index (χ4v) is 1.98. The molecule has 0 saturated heterocycles. The number of benzene rings is 2. The van der Waals surface area contributed by atoms with Gasteiger partial charge in [-0.05, 0) is 30.2 Å². The maximum Gasteiger partial charge on any atom is 0.115 e. The first-order valence-corrected chi connectivity index (χ1v) is 6.41. The van der Waals surface area contributed by atoms with E-state index in [9.17, 15) is 10.2 Å². The van der Waals surface area contributed by atoms with Crippen molar-refractivity contribution < 1.29 is 10.2 Å². The zero-order chi connectivity index (χ0) is 13.7. The van der Waals surface area contributed by atoms with Gasteiger partial charge in [-0.1, -0.05) is 42.5 Å². The van der Waals surface area contributed by atoms with Crippen molar-refractivity contribution in [2.24, 2.45) is 0 Å². The molecule has 2 rings (SSSR count). The predicted molar refractivity (Wildman–Crippen MR) is 75.8 cm³/mol. The lowest BCUT2D eigenvalue weighted by atomic mass is 10.0. The third-order valence-electron chi connectivity index (χ3n) is 3.16. The summed E-state index contributed by atoms with van der Waals surface area (Å²) in [4.78, 5) is 0. The number of hydrogen-bond donors (Lipinski definition) is 3. The van der Waals surface area contributed by atoms with E-state index in [4.69, 9.17) is 0 Å². The first kappa shape index (κ1) is 13.6. The van der Waals surface area contributed by atoms with Crippen LogP contribution in [0.4, 0.5) is 0 Å². The molecule has 0 saturated carbocycles. The first-order chi connectivity index (χ1) is 9.16. The minimum atomic E-state index is -0.643. The molecule has 0 aliphatic heterocycles. The molecule has 2 atom stereocenters. The van der Waals surface area contributed by atoms with Crippen molar-refractivity contribution >= 4 is 0 Å². The van der Waals surface area contributed by atoms with E-state index in [-0.39, 0.29) is 11.8 Å². The fraction of sp³-hybridized carbons (Fsp3) is 0.250. The SMILES string of the molecule is CC(NCc1ccccc1)[C@H](O)c1cccc(O)c1. The van der Waals surface area contributed by atoms with Crippen LogP contribution in [0.25, 0.3) is 0 Å². The number of hydrogen-bond acceptors (Lipinski definition) is 3. The van der Waals surface area contributed by atoms with Crippen LogP contribution in [0.3, 0.4) is 0 Å². The molecule has 0 fully saturated rings. The third-order valence-corrected chi connectivity index (χ3v) is 3.16. The van der Waals surface area contributed by atoms with Crippen molar-refractivity contribution in [2.45, 2.75) is 25.6 Å². The second-order valence-corrected chi connectivity index (χ2v) is 4.69. The summed E-state index contributed by atoms with van der Waals surface area (Å²) in [5.74, 6) is 0.173. The van der Waals surface area contributed by atoms with E-state index in [1.807, 2.05) is 43.3 Å². The summed E-state index contributed by atoms with van der Waals surface area (Å²) in [5.41, 5.74) is 1.89. The van der Waals surface area contributed by atoms with Crippen LogP contribution >= 0.6 is 0 Å². The van der Waals surface area contributed by atoms with Crippen LogP contribution in [0.5, 0.6) is 5.75 Å². The highest BCUT2D eigenvalue weighted by atomic mass is 16.3. The van der Waals surface area contributed by atoms with Crippen molar-refractivity contribution in [1.29, 1.82) is 0 Å². The second kappa shape index (κ2) is 6.36. The molecule has 0 spiro atoms. The average Bonchev–Trinajstić information content (AvgIpc) is 2.45. The van der Waals surface area contributed by atoms with Gasteiger partial charge in [-0.3, -0.25) is 0 Å². The van der Waals surface area contributed by atoms with Crippen LogP contribution < -0.4 is 5.32 Å². The lowest BCUT2D eigenvalue weighted by Crippen LogP contribution is -2.31. The van der Waals surface area contributed by atoms with Crippen LogP contribution in [0.2, 0.25) is 0 Å². The maximum absolute atomic E-state index is 10.2. The topological polar surface area (TPSA) is 52.5 Å². The van der Waals surface area contributed by atoms with E-state index >= 15 is 0 Å². The van der Waals surface area contributed by atoms with E-state index < -0.39 is 6.10 Å². The summed E-state index contributed by atoms with van der Waals surface area (Å²) >= 11 is 0. The molecule has 0 heterocycles. The molecule has 0 bridgehead atoms. The van der Waals surface area contributed by atoms with Gasteiger partial charge in [0.1, 0.15) is 5.75 Å². The number of rotatable bonds is 5. The summed E-state index contributed by atoms with van der Waals surface area (Å²) in [6, 6.07) is 16.7. The normalized spacial score (nSPS) is 14.0. The number of nitrogens with one attached hydrogen (secondary N) is 1. The molecule has 2 aromatic carbocycles. The first-order valence-electron chi connectivity index (χ1n) is 6.41. The molecule has 19 heavy (non-hydrogen) atoms. The number of phenols is 1. The van der Waals surface area contributed by atoms with Gasteiger partial charge in [0.15, 0.2) is 0 Å². The lowest BCUT2D eigenvalue weighted by Gasteiger charge is -2.21. The quantitative estimate of drug-likeness (QED) is 0.771.